The number of alkyl carbamates (subject to hydrolysis) is 1. The molecule has 26 heteroatoms. The number of anilines is 2. The second kappa shape index (κ2) is 39.7. The number of methoxy groups -OCH3 is 2. The summed E-state index contributed by atoms with van der Waals surface area (Å²) in [5.41, 5.74) is 8.06. The molecule has 100 heavy (non-hydrogen) atoms. The fraction of sp³-hybridized carbons (Fsp3) is 0.595. The molecule has 8 N–H and O–H groups in total. The van der Waals surface area contributed by atoms with Crippen molar-refractivity contribution in [1.82, 2.24) is 46.3 Å². The van der Waals surface area contributed by atoms with Crippen LogP contribution in [0.4, 0.5) is 25.8 Å². The van der Waals surface area contributed by atoms with Crippen molar-refractivity contribution >= 4 is 76.4 Å². The normalized spacial score (nSPS) is 16.2. The Morgan fingerprint density at radius 1 is 0.740 bits per heavy atom. The first kappa shape index (κ1) is 82.5. The van der Waals surface area contributed by atoms with Gasteiger partial charge in [0.25, 0.3) is 0 Å². The number of thiazole rings is 1. The average Bonchev–Trinajstić information content (AvgIpc) is 1.43. The van der Waals surface area contributed by atoms with E-state index in [9.17, 15) is 43.2 Å². The van der Waals surface area contributed by atoms with E-state index in [4.69, 9.17) is 24.7 Å². The number of likely N-dealkylation sites (tertiary alicyclic amines) is 1. The highest BCUT2D eigenvalue weighted by atomic mass is 32.1. The van der Waals surface area contributed by atoms with E-state index in [0.29, 0.717) is 62.1 Å². The first-order chi connectivity index (χ1) is 47.3. The number of nitrogens with two attached hydrogens (primary N) is 1. The Labute approximate surface area is 595 Å². The molecule has 4 aromatic rings. The molecule has 1 aliphatic heterocycles. The van der Waals surface area contributed by atoms with Crippen LogP contribution in [0.5, 0.6) is 0 Å². The lowest BCUT2D eigenvalue weighted by Gasteiger charge is -2.41. The van der Waals surface area contributed by atoms with Crippen molar-refractivity contribution in [3.63, 3.8) is 0 Å². The van der Waals surface area contributed by atoms with Crippen molar-refractivity contribution in [1.29, 1.82) is 0 Å². The molecule has 0 aliphatic carbocycles. The molecule has 25 nitrogen and oxygen atoms in total. The number of ether oxygens (including phenoxy) is 4. The number of carbonyl (C=O) groups excluding carboxylic acids is 9. The number of nitrogens with one attached hydrogen (secondary N) is 6. The van der Waals surface area contributed by atoms with Gasteiger partial charge in [-0.1, -0.05) is 123 Å². The van der Waals surface area contributed by atoms with E-state index in [1.807, 2.05) is 125 Å². The molecule has 1 unspecified atom stereocenters. The Morgan fingerprint density at radius 2 is 1.39 bits per heavy atom. The lowest BCUT2D eigenvalue weighted by Crippen LogP contribution is -2.60. The zero-order chi connectivity index (χ0) is 74.1. The summed E-state index contributed by atoms with van der Waals surface area (Å²) in [4.78, 5) is 134. The van der Waals surface area contributed by atoms with Crippen LogP contribution in [0.15, 0.2) is 90.4 Å². The number of urea groups is 1. The monoisotopic (exact) mass is 1410 g/mol. The van der Waals surface area contributed by atoms with E-state index < -0.39 is 84.0 Å². The van der Waals surface area contributed by atoms with Gasteiger partial charge in [0.1, 0.15) is 35.3 Å². The highest BCUT2D eigenvalue weighted by Gasteiger charge is 2.44. The molecule has 0 saturated carbocycles. The first-order valence-electron chi connectivity index (χ1n) is 34.9. The van der Waals surface area contributed by atoms with E-state index in [1.165, 1.54) is 16.2 Å². The Kier molecular flexibility index (Phi) is 32.7. The van der Waals surface area contributed by atoms with Crippen LogP contribution in [0.1, 0.15) is 149 Å². The van der Waals surface area contributed by atoms with Crippen molar-refractivity contribution in [2.24, 2.45) is 35.3 Å². The van der Waals surface area contributed by atoms with Gasteiger partial charge >= 0.3 is 18.2 Å². The Bertz CT molecular complexity index is 3260. The molecule has 552 valence electrons. The molecule has 5 rings (SSSR count). The van der Waals surface area contributed by atoms with Crippen LogP contribution in [-0.4, -0.2) is 182 Å². The number of hydrogen-bond donors (Lipinski definition) is 7. The standard InChI is InChI=1S/C74H112N12O13S/c1-18-48(8)63(58(96-16)43-59(87)86-39-23-27-57(86)64(97-17)49(9)65(88)80-56(69-76-38-41-100-69)42-51-24-20-19-21-25-51)85(15)70(92)61(46(4)5)81-68(91)62(47(6)7)83(13)40-36-50-30-34-54(35-31-50)84(14)73(95)98-44-52-28-32-53(33-29-52)78-66(89)55(26-22-37-77-71(75)93)79-67(90)60(45(2)3)82-72(94)99-74(10,11)12/h19-21,24-25,28-35,38,41,45-49,55-58,60-64H,18,22-23,26-27,36-37,39-40,42-44H2,1-17H3,(H,78,89)(H,79,90)(H,80,88)(H,81,91)(H,82,94)(H3,75,77,93)/t48-,49+,55-,56-,57?,58+,60-,61-,62-,63-,64+/m0/s1. The van der Waals surface area contributed by atoms with Gasteiger partial charge in [-0.15, -0.1) is 11.3 Å². The van der Waals surface area contributed by atoms with Crippen molar-refractivity contribution in [3.05, 3.63) is 112 Å². The highest BCUT2D eigenvalue weighted by Crippen LogP contribution is 2.31. The van der Waals surface area contributed by atoms with E-state index in [2.05, 4.69) is 36.9 Å². The number of amides is 10. The quantitative estimate of drug-likeness (QED) is 0.0207. The number of rotatable bonds is 37. The summed E-state index contributed by atoms with van der Waals surface area (Å²) in [5.74, 6) is -3.59. The highest BCUT2D eigenvalue weighted by molar-refractivity contribution is 7.09. The summed E-state index contributed by atoms with van der Waals surface area (Å²) in [5, 5.41) is 19.7. The van der Waals surface area contributed by atoms with Gasteiger partial charge in [-0.3, -0.25) is 38.6 Å². The molecule has 0 spiro atoms. The van der Waals surface area contributed by atoms with Crippen LogP contribution in [0.25, 0.3) is 0 Å². The second-order valence-corrected chi connectivity index (χ2v) is 29.1. The number of hydrogen-bond acceptors (Lipinski definition) is 16. The van der Waals surface area contributed by atoms with Gasteiger partial charge in [0.2, 0.25) is 35.4 Å². The molecule has 2 heterocycles. The maximum absolute atomic E-state index is 14.9. The second-order valence-electron chi connectivity index (χ2n) is 28.2. The van der Waals surface area contributed by atoms with E-state index >= 15 is 0 Å². The largest absolute Gasteiger partial charge is 0.444 e. The Hall–Kier alpha value is -8.20. The molecule has 3 aromatic carbocycles. The number of aromatic nitrogens is 1. The number of primary amides is 1. The summed E-state index contributed by atoms with van der Waals surface area (Å²) < 4.78 is 23.3. The number of carbonyl (C=O) groups is 9. The number of likely N-dealkylation sites (N-methyl/N-ethyl adjacent to an activating group) is 2. The predicted octanol–water partition coefficient (Wildman–Crippen LogP) is 9.00. The summed E-state index contributed by atoms with van der Waals surface area (Å²) in [6, 6.07) is 18.5. The third-order valence-electron chi connectivity index (χ3n) is 18.4. The topological polar surface area (TPSA) is 315 Å². The minimum Gasteiger partial charge on any atom is -0.444 e. The number of benzene rings is 3. The van der Waals surface area contributed by atoms with Crippen molar-refractivity contribution in [2.45, 2.75) is 201 Å². The molecule has 1 aromatic heterocycles. The zero-order valence-electron chi connectivity index (χ0n) is 61.8. The van der Waals surface area contributed by atoms with Crippen LogP contribution in [0.3, 0.4) is 0 Å². The summed E-state index contributed by atoms with van der Waals surface area (Å²) >= 11 is 1.48. The minimum absolute atomic E-state index is 0.0211. The maximum atomic E-state index is 14.9. The molecular formula is C74H112N12O13S. The van der Waals surface area contributed by atoms with E-state index in [0.717, 1.165) is 22.6 Å². The van der Waals surface area contributed by atoms with Gasteiger partial charge in [-0.25, -0.2) is 19.4 Å². The maximum Gasteiger partial charge on any atom is 0.414 e. The summed E-state index contributed by atoms with van der Waals surface area (Å²) in [6.45, 7) is 23.3. The summed E-state index contributed by atoms with van der Waals surface area (Å²) in [7, 11) is 8.35. The van der Waals surface area contributed by atoms with Crippen molar-refractivity contribution < 1.29 is 62.1 Å². The van der Waals surface area contributed by atoms with Crippen LogP contribution in [-0.2, 0) is 67.2 Å². The van der Waals surface area contributed by atoms with Crippen LogP contribution in [0.2, 0.25) is 0 Å². The average molecular weight is 1410 g/mol. The van der Waals surface area contributed by atoms with Crippen molar-refractivity contribution in [3.8, 4) is 0 Å². The van der Waals surface area contributed by atoms with Crippen molar-refractivity contribution in [2.75, 3.05) is 65.2 Å². The van der Waals surface area contributed by atoms with Gasteiger partial charge in [-0.2, -0.15) is 0 Å². The minimum atomic E-state index is -1.06. The van der Waals surface area contributed by atoms with E-state index in [-0.39, 0.29) is 85.4 Å². The predicted molar refractivity (Wildman–Crippen MR) is 388 cm³/mol. The Morgan fingerprint density at radius 3 is 1.96 bits per heavy atom. The lowest BCUT2D eigenvalue weighted by molar-refractivity contribution is -0.148. The Balaban J connectivity index is 1.15. The first-order valence-corrected chi connectivity index (χ1v) is 35.8. The van der Waals surface area contributed by atoms with E-state index in [1.54, 1.807) is 98.3 Å². The molecule has 11 atom stereocenters. The van der Waals surface area contributed by atoms with Crippen LogP contribution >= 0.6 is 11.3 Å². The summed E-state index contributed by atoms with van der Waals surface area (Å²) in [6.07, 6.45) is 2.63. The molecule has 1 fully saturated rings. The lowest BCUT2D eigenvalue weighted by atomic mass is 9.89. The molecular weight excluding hydrogens is 1300 g/mol. The van der Waals surface area contributed by atoms with Crippen LogP contribution in [0, 0.1) is 29.6 Å². The molecule has 0 radical (unpaired) electrons. The SMILES string of the molecule is CC[C@H](C)[C@@H]([C@@H](CC(=O)N1CCCC1[C@H](OC)[C@@H](C)C(=O)N[C@@H](Cc1ccccc1)c1nccs1)OC)N(C)C(=O)[C@@H](NC(=O)[C@H](C(C)C)N(C)CCc1ccc(N(C)C(=O)OCc2ccc(NC(=O)[C@H](CCCNC(N)=O)NC(=O)[C@@H](NC(=O)OC(C)(C)C)C(C)C)cc2)cc1)C(C)C. The van der Waals surface area contributed by atoms with Crippen LogP contribution < -0.4 is 42.5 Å². The third kappa shape index (κ3) is 24.9. The van der Waals surface area contributed by atoms with Gasteiger partial charge in [0.15, 0.2) is 0 Å². The molecule has 1 saturated heterocycles. The number of nitrogens with zero attached hydrogens (tertiary/aromatic N) is 5. The smallest absolute Gasteiger partial charge is 0.414 e. The zero-order valence-corrected chi connectivity index (χ0v) is 62.6. The fourth-order valence-corrected chi connectivity index (χ4v) is 13.3. The van der Waals surface area contributed by atoms with Gasteiger partial charge in [0, 0.05) is 70.9 Å². The van der Waals surface area contributed by atoms with Gasteiger partial charge in [-0.05, 0) is 131 Å². The molecule has 0 bridgehead atoms. The fourth-order valence-electron chi connectivity index (χ4n) is 12.7. The third-order valence-corrected chi connectivity index (χ3v) is 19.3. The van der Waals surface area contributed by atoms with Gasteiger partial charge in [0.05, 0.1) is 48.7 Å². The molecule has 1 aliphatic rings. The van der Waals surface area contributed by atoms with Gasteiger partial charge < -0.3 is 66.4 Å². The molecule has 10 amide bonds.